The average Bonchev–Trinajstić information content (AvgIpc) is 2.82. The summed E-state index contributed by atoms with van der Waals surface area (Å²) in [6, 6.07) is 15.3. The van der Waals surface area contributed by atoms with Crippen LogP contribution in [-0.4, -0.2) is 13.1 Å². The van der Waals surface area contributed by atoms with E-state index in [1.165, 1.54) is 49.6 Å². The third-order valence-corrected chi connectivity index (χ3v) is 4.77. The first-order valence-corrected chi connectivity index (χ1v) is 7.96. The van der Waals surface area contributed by atoms with Crippen LogP contribution in [0.1, 0.15) is 44.1 Å². The summed E-state index contributed by atoms with van der Waals surface area (Å²) in [4.78, 5) is 2.44. The molecular formula is C19H22N2. The predicted octanol–water partition coefficient (Wildman–Crippen LogP) is 4.87. The number of fused-ring (bicyclic) bond motifs is 1. The number of hydrogen-bond acceptors (Lipinski definition) is 2. The van der Waals surface area contributed by atoms with Crippen molar-refractivity contribution in [1.29, 1.82) is 5.26 Å². The summed E-state index contributed by atoms with van der Waals surface area (Å²) in [5.74, 6) is 0. The second-order valence-electron chi connectivity index (χ2n) is 6.05. The van der Waals surface area contributed by atoms with Crippen molar-refractivity contribution < 1.29 is 0 Å². The van der Waals surface area contributed by atoms with Gasteiger partial charge in [0, 0.05) is 29.5 Å². The van der Waals surface area contributed by atoms with Gasteiger partial charge in [0.2, 0.25) is 0 Å². The molecule has 0 radical (unpaired) electrons. The zero-order valence-electron chi connectivity index (χ0n) is 12.7. The summed E-state index contributed by atoms with van der Waals surface area (Å²) in [5, 5.41) is 11.6. The molecule has 2 aromatic carbocycles. The van der Waals surface area contributed by atoms with Gasteiger partial charge in [-0.2, -0.15) is 5.26 Å². The fourth-order valence-electron chi connectivity index (χ4n) is 3.53. The molecule has 0 heterocycles. The van der Waals surface area contributed by atoms with Crippen molar-refractivity contribution in [2.45, 2.75) is 44.6 Å². The molecule has 0 amide bonds. The van der Waals surface area contributed by atoms with Crippen LogP contribution < -0.4 is 4.90 Å². The number of benzene rings is 2. The fraction of sp³-hybridized carbons (Fsp3) is 0.421. The summed E-state index contributed by atoms with van der Waals surface area (Å²) in [5.41, 5.74) is 2.03. The SMILES string of the molecule is CN(c1ccc(C#N)c2ccccc12)C1CCCCCC1. The summed E-state index contributed by atoms with van der Waals surface area (Å²) in [6.07, 6.45) is 7.99. The topological polar surface area (TPSA) is 27.0 Å². The predicted molar refractivity (Wildman–Crippen MR) is 88.6 cm³/mol. The van der Waals surface area contributed by atoms with Crippen LogP contribution in [0.5, 0.6) is 0 Å². The van der Waals surface area contributed by atoms with Gasteiger partial charge in [0.25, 0.3) is 0 Å². The molecular weight excluding hydrogens is 256 g/mol. The third kappa shape index (κ3) is 2.74. The molecule has 0 unspecified atom stereocenters. The molecule has 1 saturated carbocycles. The second-order valence-corrected chi connectivity index (χ2v) is 6.05. The number of anilines is 1. The van der Waals surface area contributed by atoms with Gasteiger partial charge in [0.15, 0.2) is 0 Å². The first-order valence-electron chi connectivity index (χ1n) is 7.96. The molecule has 3 rings (SSSR count). The van der Waals surface area contributed by atoms with E-state index in [1.54, 1.807) is 0 Å². The maximum Gasteiger partial charge on any atom is 0.0998 e. The van der Waals surface area contributed by atoms with E-state index >= 15 is 0 Å². The van der Waals surface area contributed by atoms with Crippen LogP contribution in [0, 0.1) is 11.3 Å². The van der Waals surface area contributed by atoms with Gasteiger partial charge in [-0.05, 0) is 25.0 Å². The van der Waals surface area contributed by atoms with Gasteiger partial charge in [-0.3, -0.25) is 0 Å². The molecule has 0 spiro atoms. The molecule has 1 aliphatic carbocycles. The maximum atomic E-state index is 9.29. The molecule has 0 aliphatic heterocycles. The first-order chi connectivity index (χ1) is 10.3. The van der Waals surface area contributed by atoms with Crippen LogP contribution >= 0.6 is 0 Å². The molecule has 0 atom stereocenters. The lowest BCUT2D eigenvalue weighted by molar-refractivity contribution is 0.554. The quantitative estimate of drug-likeness (QED) is 0.733. The highest BCUT2D eigenvalue weighted by atomic mass is 15.1. The Morgan fingerprint density at radius 3 is 2.29 bits per heavy atom. The van der Waals surface area contributed by atoms with Gasteiger partial charge >= 0.3 is 0 Å². The normalized spacial score (nSPS) is 16.4. The molecule has 2 heteroatoms. The van der Waals surface area contributed by atoms with E-state index < -0.39 is 0 Å². The molecule has 0 N–H and O–H groups in total. The highest BCUT2D eigenvalue weighted by Gasteiger charge is 2.19. The van der Waals surface area contributed by atoms with Gasteiger partial charge in [-0.15, -0.1) is 0 Å². The summed E-state index contributed by atoms with van der Waals surface area (Å²) < 4.78 is 0. The van der Waals surface area contributed by atoms with Crippen LogP contribution in [0.4, 0.5) is 5.69 Å². The number of nitriles is 1. The zero-order valence-corrected chi connectivity index (χ0v) is 12.7. The first kappa shape index (κ1) is 13.9. The third-order valence-electron chi connectivity index (χ3n) is 4.77. The Balaban J connectivity index is 2.02. The highest BCUT2D eigenvalue weighted by Crippen LogP contribution is 2.32. The average molecular weight is 278 g/mol. The van der Waals surface area contributed by atoms with E-state index in [4.69, 9.17) is 0 Å². The van der Waals surface area contributed by atoms with E-state index in [-0.39, 0.29) is 0 Å². The van der Waals surface area contributed by atoms with Crippen LogP contribution in [0.2, 0.25) is 0 Å². The zero-order chi connectivity index (χ0) is 14.7. The molecule has 0 aromatic heterocycles. The molecule has 2 nitrogen and oxygen atoms in total. The van der Waals surface area contributed by atoms with Crippen molar-refractivity contribution >= 4 is 16.5 Å². The second kappa shape index (κ2) is 6.18. The smallest absolute Gasteiger partial charge is 0.0998 e. The minimum Gasteiger partial charge on any atom is -0.371 e. The lowest BCUT2D eigenvalue weighted by Gasteiger charge is -2.30. The Hall–Kier alpha value is -2.01. The monoisotopic (exact) mass is 278 g/mol. The largest absolute Gasteiger partial charge is 0.371 e. The van der Waals surface area contributed by atoms with Crippen molar-refractivity contribution in [1.82, 2.24) is 0 Å². The van der Waals surface area contributed by atoms with Crippen LogP contribution in [0.25, 0.3) is 10.8 Å². The molecule has 2 aromatic rings. The van der Waals surface area contributed by atoms with E-state index in [9.17, 15) is 5.26 Å². The molecule has 108 valence electrons. The van der Waals surface area contributed by atoms with Crippen molar-refractivity contribution in [2.24, 2.45) is 0 Å². The van der Waals surface area contributed by atoms with Gasteiger partial charge in [0.05, 0.1) is 11.6 Å². The Morgan fingerprint density at radius 2 is 1.62 bits per heavy atom. The van der Waals surface area contributed by atoms with E-state index in [0.29, 0.717) is 6.04 Å². The van der Waals surface area contributed by atoms with Crippen LogP contribution in [-0.2, 0) is 0 Å². The minimum absolute atomic E-state index is 0.629. The summed E-state index contributed by atoms with van der Waals surface area (Å²) in [7, 11) is 2.21. The van der Waals surface area contributed by atoms with Gasteiger partial charge in [-0.1, -0.05) is 49.9 Å². The molecule has 0 saturated heterocycles. The lowest BCUT2D eigenvalue weighted by atomic mass is 10.0. The fourth-order valence-corrected chi connectivity index (χ4v) is 3.53. The molecule has 21 heavy (non-hydrogen) atoms. The Morgan fingerprint density at radius 1 is 0.952 bits per heavy atom. The van der Waals surface area contributed by atoms with Gasteiger partial charge in [0.1, 0.15) is 0 Å². The van der Waals surface area contributed by atoms with E-state index in [1.807, 2.05) is 12.1 Å². The van der Waals surface area contributed by atoms with Crippen molar-refractivity contribution in [3.05, 3.63) is 42.0 Å². The van der Waals surface area contributed by atoms with Gasteiger partial charge < -0.3 is 4.90 Å². The molecule has 1 aliphatic rings. The molecule has 0 bridgehead atoms. The van der Waals surface area contributed by atoms with Crippen molar-refractivity contribution in [3.63, 3.8) is 0 Å². The van der Waals surface area contributed by atoms with E-state index in [0.717, 1.165) is 10.9 Å². The number of rotatable bonds is 2. The Bertz CT molecular complexity index is 661. The van der Waals surface area contributed by atoms with Crippen LogP contribution in [0.15, 0.2) is 36.4 Å². The van der Waals surface area contributed by atoms with E-state index in [2.05, 4.69) is 42.3 Å². The van der Waals surface area contributed by atoms with Crippen molar-refractivity contribution in [2.75, 3.05) is 11.9 Å². The number of hydrogen-bond donors (Lipinski definition) is 0. The van der Waals surface area contributed by atoms with Crippen molar-refractivity contribution in [3.8, 4) is 6.07 Å². The van der Waals surface area contributed by atoms with Crippen LogP contribution in [0.3, 0.4) is 0 Å². The Labute approximate surface area is 127 Å². The standard InChI is InChI=1S/C19H22N2/c1-21(16-8-4-2-3-5-9-16)19-13-12-15(14-20)17-10-6-7-11-18(17)19/h6-7,10-13,16H,2-5,8-9H2,1H3. The highest BCUT2D eigenvalue weighted by molar-refractivity contribution is 5.97. The maximum absolute atomic E-state index is 9.29. The summed E-state index contributed by atoms with van der Waals surface area (Å²) in [6.45, 7) is 0. The lowest BCUT2D eigenvalue weighted by Crippen LogP contribution is -2.31. The molecule has 1 fully saturated rings. The summed E-state index contributed by atoms with van der Waals surface area (Å²) >= 11 is 0. The Kier molecular flexibility index (Phi) is 4.10. The number of nitrogens with zero attached hydrogens (tertiary/aromatic N) is 2. The minimum atomic E-state index is 0.629. The van der Waals surface area contributed by atoms with Gasteiger partial charge in [-0.25, -0.2) is 0 Å².